The van der Waals surface area contributed by atoms with E-state index in [9.17, 15) is 12.8 Å². The van der Waals surface area contributed by atoms with Gasteiger partial charge >= 0.3 is 0 Å². The summed E-state index contributed by atoms with van der Waals surface area (Å²) < 4.78 is 40.2. The molecule has 0 saturated carbocycles. The second kappa shape index (κ2) is 6.20. The van der Waals surface area contributed by atoms with Gasteiger partial charge in [0.05, 0.1) is 0 Å². The highest BCUT2D eigenvalue weighted by atomic mass is 32.2. The van der Waals surface area contributed by atoms with Crippen LogP contribution in [0.15, 0.2) is 23.1 Å². The van der Waals surface area contributed by atoms with E-state index in [1.165, 1.54) is 16.4 Å². The fourth-order valence-corrected chi connectivity index (χ4v) is 4.24. The van der Waals surface area contributed by atoms with E-state index in [1.807, 2.05) is 0 Å². The topological polar surface area (TPSA) is 63.4 Å². The van der Waals surface area contributed by atoms with Gasteiger partial charge in [-0.2, -0.15) is 4.31 Å². The van der Waals surface area contributed by atoms with Crippen molar-refractivity contribution in [3.05, 3.63) is 29.6 Å². The van der Waals surface area contributed by atoms with Crippen molar-refractivity contribution in [3.8, 4) is 0 Å². The minimum atomic E-state index is -3.73. The molecule has 2 N–H and O–H groups in total. The van der Waals surface area contributed by atoms with Crippen molar-refractivity contribution >= 4 is 10.0 Å². The van der Waals surface area contributed by atoms with Gasteiger partial charge in [0, 0.05) is 13.1 Å². The Hall–Kier alpha value is -0.980. The smallest absolute Gasteiger partial charge is 0.245 e. The van der Waals surface area contributed by atoms with Gasteiger partial charge in [0.2, 0.25) is 10.0 Å². The predicted octanol–water partition coefficient (Wildman–Crippen LogP) is 1.88. The number of piperidine rings is 1. The molecule has 0 aromatic heterocycles. The Kier molecular flexibility index (Phi) is 4.78. The molecule has 6 heteroatoms. The van der Waals surface area contributed by atoms with Gasteiger partial charge < -0.3 is 5.73 Å². The molecule has 20 heavy (non-hydrogen) atoms. The molecule has 0 aliphatic carbocycles. The molecular weight excluding hydrogens is 279 g/mol. The number of halogens is 1. The van der Waals surface area contributed by atoms with Gasteiger partial charge in [-0.3, -0.25) is 0 Å². The first kappa shape index (κ1) is 15.4. The Bertz CT molecular complexity index is 567. The molecule has 1 fully saturated rings. The molecule has 1 aromatic rings. The van der Waals surface area contributed by atoms with Gasteiger partial charge in [-0.15, -0.1) is 0 Å². The van der Waals surface area contributed by atoms with Crippen molar-refractivity contribution in [2.75, 3.05) is 19.6 Å². The lowest BCUT2D eigenvalue weighted by Gasteiger charge is -2.31. The van der Waals surface area contributed by atoms with Gasteiger partial charge in [-0.1, -0.05) is 6.07 Å². The summed E-state index contributed by atoms with van der Waals surface area (Å²) in [7, 11) is -3.73. The quantitative estimate of drug-likeness (QED) is 0.923. The predicted molar refractivity (Wildman–Crippen MR) is 76.3 cm³/mol. The third kappa shape index (κ3) is 3.19. The van der Waals surface area contributed by atoms with Crippen LogP contribution in [0.4, 0.5) is 4.39 Å². The van der Waals surface area contributed by atoms with Crippen LogP contribution in [0.5, 0.6) is 0 Å². The number of aryl methyl sites for hydroxylation is 1. The van der Waals surface area contributed by atoms with Crippen LogP contribution in [-0.2, 0) is 10.0 Å². The molecule has 1 aliphatic heterocycles. The number of nitrogens with zero attached hydrogens (tertiary/aromatic N) is 1. The average Bonchev–Trinajstić information content (AvgIpc) is 2.42. The average molecular weight is 300 g/mol. The van der Waals surface area contributed by atoms with E-state index in [-0.39, 0.29) is 4.90 Å². The summed E-state index contributed by atoms with van der Waals surface area (Å²) in [6.45, 7) is 3.27. The molecule has 0 atom stereocenters. The molecule has 1 saturated heterocycles. The van der Waals surface area contributed by atoms with Crippen LogP contribution < -0.4 is 5.73 Å². The summed E-state index contributed by atoms with van der Waals surface area (Å²) in [5, 5.41) is 0. The fraction of sp³-hybridized carbons (Fsp3) is 0.571. The maximum Gasteiger partial charge on any atom is 0.245 e. The molecule has 4 nitrogen and oxygen atoms in total. The number of rotatable bonds is 4. The minimum Gasteiger partial charge on any atom is -0.330 e. The number of hydrogen-bond acceptors (Lipinski definition) is 3. The van der Waals surface area contributed by atoms with Gasteiger partial charge in [0.15, 0.2) is 0 Å². The van der Waals surface area contributed by atoms with Gasteiger partial charge in [0.25, 0.3) is 0 Å². The van der Waals surface area contributed by atoms with Crippen molar-refractivity contribution in [2.24, 2.45) is 11.7 Å². The molecule has 2 rings (SSSR count). The molecule has 0 radical (unpaired) electrons. The van der Waals surface area contributed by atoms with Crippen molar-refractivity contribution in [1.82, 2.24) is 4.31 Å². The number of hydrogen-bond donors (Lipinski definition) is 1. The second-order valence-corrected chi connectivity index (χ2v) is 7.27. The van der Waals surface area contributed by atoms with Crippen molar-refractivity contribution in [2.45, 2.75) is 31.1 Å². The van der Waals surface area contributed by atoms with Crippen molar-refractivity contribution in [3.63, 3.8) is 0 Å². The SMILES string of the molecule is Cc1ccc(F)c(S(=O)(=O)N2CCC(CCN)CC2)c1. The molecule has 0 spiro atoms. The zero-order valence-corrected chi connectivity index (χ0v) is 12.5. The van der Waals surface area contributed by atoms with E-state index in [0.29, 0.717) is 25.6 Å². The van der Waals surface area contributed by atoms with Gasteiger partial charge in [0.1, 0.15) is 10.7 Å². The summed E-state index contributed by atoms with van der Waals surface area (Å²) >= 11 is 0. The zero-order valence-electron chi connectivity index (χ0n) is 11.7. The van der Waals surface area contributed by atoms with E-state index in [4.69, 9.17) is 5.73 Å². The van der Waals surface area contributed by atoms with E-state index in [2.05, 4.69) is 0 Å². The van der Waals surface area contributed by atoms with Crippen LogP contribution in [0.2, 0.25) is 0 Å². The van der Waals surface area contributed by atoms with Crippen LogP contribution in [0.25, 0.3) is 0 Å². The van der Waals surface area contributed by atoms with Crippen molar-refractivity contribution < 1.29 is 12.8 Å². The maximum absolute atomic E-state index is 13.8. The summed E-state index contributed by atoms with van der Waals surface area (Å²) in [5.74, 6) is -0.200. The fourth-order valence-electron chi connectivity index (χ4n) is 2.62. The molecule has 0 amide bonds. The largest absolute Gasteiger partial charge is 0.330 e. The zero-order chi connectivity index (χ0) is 14.8. The lowest BCUT2D eigenvalue weighted by atomic mass is 9.95. The molecule has 1 aliphatic rings. The summed E-state index contributed by atoms with van der Waals surface area (Å²) in [4.78, 5) is -0.213. The number of benzene rings is 1. The van der Waals surface area contributed by atoms with Crippen LogP contribution in [-0.4, -0.2) is 32.4 Å². The normalized spacial score (nSPS) is 18.4. The lowest BCUT2D eigenvalue weighted by molar-refractivity contribution is 0.265. The maximum atomic E-state index is 13.8. The summed E-state index contributed by atoms with van der Waals surface area (Å²) in [5.41, 5.74) is 6.26. The van der Waals surface area contributed by atoms with E-state index < -0.39 is 15.8 Å². The Morgan fingerprint density at radius 2 is 2.00 bits per heavy atom. The second-order valence-electron chi connectivity index (χ2n) is 5.36. The van der Waals surface area contributed by atoms with Crippen LogP contribution in [0.3, 0.4) is 0 Å². The van der Waals surface area contributed by atoms with E-state index >= 15 is 0 Å². The number of nitrogens with two attached hydrogens (primary N) is 1. The molecule has 1 heterocycles. The molecule has 0 bridgehead atoms. The first-order valence-corrected chi connectivity index (χ1v) is 8.35. The van der Waals surface area contributed by atoms with Gasteiger partial charge in [-0.05, 0) is 56.3 Å². The van der Waals surface area contributed by atoms with Crippen LogP contribution in [0.1, 0.15) is 24.8 Å². The Morgan fingerprint density at radius 1 is 1.35 bits per heavy atom. The van der Waals surface area contributed by atoms with E-state index in [1.54, 1.807) is 13.0 Å². The Morgan fingerprint density at radius 3 is 2.60 bits per heavy atom. The first-order valence-electron chi connectivity index (χ1n) is 6.91. The minimum absolute atomic E-state index is 0.213. The van der Waals surface area contributed by atoms with Gasteiger partial charge in [-0.25, -0.2) is 12.8 Å². The lowest BCUT2D eigenvalue weighted by Crippen LogP contribution is -2.39. The number of sulfonamides is 1. The highest BCUT2D eigenvalue weighted by Crippen LogP contribution is 2.27. The monoisotopic (exact) mass is 300 g/mol. The van der Waals surface area contributed by atoms with E-state index in [0.717, 1.165) is 24.8 Å². The summed E-state index contributed by atoms with van der Waals surface area (Å²) in [6.07, 6.45) is 2.51. The van der Waals surface area contributed by atoms with Crippen molar-refractivity contribution in [1.29, 1.82) is 0 Å². The molecule has 1 aromatic carbocycles. The molecule has 112 valence electrons. The highest BCUT2D eigenvalue weighted by Gasteiger charge is 2.31. The van der Waals surface area contributed by atoms with Crippen LogP contribution >= 0.6 is 0 Å². The standard InChI is InChI=1S/C14H21FN2O2S/c1-11-2-3-13(15)14(10-11)20(18,19)17-8-5-12(4-7-16)6-9-17/h2-3,10,12H,4-9,16H2,1H3. The molecular formula is C14H21FN2O2S. The van der Waals surface area contributed by atoms with Crippen LogP contribution in [0, 0.1) is 18.7 Å². The summed E-state index contributed by atoms with van der Waals surface area (Å²) in [6, 6.07) is 4.18. The Labute approximate surface area is 119 Å². The highest BCUT2D eigenvalue weighted by molar-refractivity contribution is 7.89. The third-order valence-electron chi connectivity index (χ3n) is 3.85. The first-order chi connectivity index (χ1) is 9.45. The molecule has 0 unspecified atom stereocenters. The third-order valence-corrected chi connectivity index (χ3v) is 5.77. The Balaban J connectivity index is 2.18.